The molecule has 2 nitrogen and oxygen atoms in total. The van der Waals surface area contributed by atoms with Crippen LogP contribution in [-0.2, 0) is 4.79 Å². The highest BCUT2D eigenvalue weighted by Gasteiger charge is 2.31. The second-order valence-corrected chi connectivity index (χ2v) is 6.14. The molecule has 3 heteroatoms. The van der Waals surface area contributed by atoms with E-state index in [1.807, 2.05) is 4.90 Å². The van der Waals surface area contributed by atoms with Crippen molar-refractivity contribution in [3.8, 4) is 0 Å². The van der Waals surface area contributed by atoms with Crippen molar-refractivity contribution < 1.29 is 4.79 Å². The summed E-state index contributed by atoms with van der Waals surface area (Å²) < 4.78 is 0. The molecule has 1 saturated heterocycles. The van der Waals surface area contributed by atoms with Crippen LogP contribution in [0.4, 0.5) is 0 Å². The molecule has 0 saturated carbocycles. The van der Waals surface area contributed by atoms with Crippen LogP contribution in [0.2, 0.25) is 0 Å². The van der Waals surface area contributed by atoms with E-state index in [0.29, 0.717) is 12.0 Å². The van der Waals surface area contributed by atoms with E-state index in [2.05, 4.69) is 43.6 Å². The predicted octanol–water partition coefficient (Wildman–Crippen LogP) is 3.05. The summed E-state index contributed by atoms with van der Waals surface area (Å²) in [5, 5.41) is 0. The second kappa shape index (κ2) is 5.33. The average Bonchev–Trinajstić information content (AvgIpc) is 2.15. The van der Waals surface area contributed by atoms with E-state index in [-0.39, 0.29) is 10.7 Å². The summed E-state index contributed by atoms with van der Waals surface area (Å²) in [6, 6.07) is 0.403. The monoisotopic (exact) mass is 275 g/mol. The zero-order valence-electron chi connectivity index (χ0n) is 10.2. The summed E-state index contributed by atoms with van der Waals surface area (Å²) in [6.45, 7) is 9.51. The summed E-state index contributed by atoms with van der Waals surface area (Å²) in [5.74, 6) is 1.39. The van der Waals surface area contributed by atoms with Gasteiger partial charge in [-0.15, -0.1) is 0 Å². The van der Waals surface area contributed by atoms with Gasteiger partial charge in [-0.25, -0.2) is 0 Å². The average molecular weight is 276 g/mol. The van der Waals surface area contributed by atoms with Crippen LogP contribution in [0.1, 0.15) is 40.5 Å². The topological polar surface area (TPSA) is 20.3 Å². The highest BCUT2D eigenvalue weighted by molar-refractivity contribution is 9.10. The van der Waals surface area contributed by atoms with Crippen molar-refractivity contribution in [2.45, 2.75) is 51.4 Å². The van der Waals surface area contributed by atoms with Crippen molar-refractivity contribution in [2.75, 3.05) is 6.54 Å². The molecule has 0 aromatic heterocycles. The number of rotatable bonds is 2. The molecule has 1 aliphatic rings. The van der Waals surface area contributed by atoms with Crippen LogP contribution in [0.5, 0.6) is 0 Å². The van der Waals surface area contributed by atoms with Gasteiger partial charge in [-0.2, -0.15) is 0 Å². The second-order valence-electron chi connectivity index (χ2n) is 5.16. The number of alkyl halides is 1. The van der Waals surface area contributed by atoms with Gasteiger partial charge in [0.15, 0.2) is 0 Å². The maximum atomic E-state index is 12.1. The van der Waals surface area contributed by atoms with E-state index < -0.39 is 0 Å². The van der Waals surface area contributed by atoms with E-state index in [1.54, 1.807) is 0 Å². The SMILES string of the molecule is CC1CCN(C(=O)C(Br)C(C)C)C(C)C1. The van der Waals surface area contributed by atoms with Gasteiger partial charge < -0.3 is 4.90 Å². The van der Waals surface area contributed by atoms with Crippen molar-refractivity contribution in [2.24, 2.45) is 11.8 Å². The molecule has 0 aromatic carbocycles. The van der Waals surface area contributed by atoms with E-state index >= 15 is 0 Å². The predicted molar refractivity (Wildman–Crippen MR) is 67.1 cm³/mol. The van der Waals surface area contributed by atoms with Gasteiger partial charge in [-0.3, -0.25) is 4.79 Å². The Labute approximate surface area is 102 Å². The number of likely N-dealkylation sites (tertiary alicyclic amines) is 1. The minimum absolute atomic E-state index is 0.0200. The third-order valence-corrected chi connectivity index (χ3v) is 4.69. The fourth-order valence-electron chi connectivity index (χ4n) is 2.18. The van der Waals surface area contributed by atoms with Crippen LogP contribution >= 0.6 is 15.9 Å². The first-order valence-electron chi connectivity index (χ1n) is 5.88. The molecule has 1 aliphatic heterocycles. The Morgan fingerprint density at radius 1 is 1.40 bits per heavy atom. The Morgan fingerprint density at radius 2 is 2.00 bits per heavy atom. The molecule has 0 N–H and O–H groups in total. The van der Waals surface area contributed by atoms with Crippen LogP contribution in [0.15, 0.2) is 0 Å². The van der Waals surface area contributed by atoms with Crippen LogP contribution in [-0.4, -0.2) is 28.2 Å². The first-order chi connectivity index (χ1) is 6.93. The molecule has 1 heterocycles. The number of amides is 1. The number of piperidine rings is 1. The molecular weight excluding hydrogens is 254 g/mol. The lowest BCUT2D eigenvalue weighted by Crippen LogP contribution is -2.48. The van der Waals surface area contributed by atoms with Gasteiger partial charge >= 0.3 is 0 Å². The Hall–Kier alpha value is -0.0500. The number of hydrogen-bond acceptors (Lipinski definition) is 1. The highest BCUT2D eigenvalue weighted by atomic mass is 79.9. The van der Waals surface area contributed by atoms with Gasteiger partial charge in [0.1, 0.15) is 0 Å². The lowest BCUT2D eigenvalue weighted by atomic mass is 9.92. The standard InChI is InChI=1S/C12H22BrNO/c1-8(2)11(13)12(15)14-6-5-9(3)7-10(14)4/h8-11H,5-7H2,1-4H3. The normalized spacial score (nSPS) is 29.3. The van der Waals surface area contributed by atoms with Crippen LogP contribution < -0.4 is 0 Å². The van der Waals surface area contributed by atoms with Crippen molar-refractivity contribution in [3.05, 3.63) is 0 Å². The van der Waals surface area contributed by atoms with Crippen LogP contribution in [0.3, 0.4) is 0 Å². The van der Waals surface area contributed by atoms with Crippen molar-refractivity contribution in [1.29, 1.82) is 0 Å². The summed E-state index contributed by atoms with van der Waals surface area (Å²) >= 11 is 3.49. The first-order valence-corrected chi connectivity index (χ1v) is 6.79. The molecule has 3 atom stereocenters. The lowest BCUT2D eigenvalue weighted by Gasteiger charge is -2.38. The highest BCUT2D eigenvalue weighted by Crippen LogP contribution is 2.25. The molecule has 0 spiro atoms. The van der Waals surface area contributed by atoms with Gasteiger partial charge in [0.05, 0.1) is 4.83 Å². The molecule has 1 amide bonds. The minimum atomic E-state index is -0.0200. The maximum absolute atomic E-state index is 12.1. The third-order valence-electron chi connectivity index (χ3n) is 3.24. The van der Waals surface area contributed by atoms with Crippen LogP contribution in [0.25, 0.3) is 0 Å². The van der Waals surface area contributed by atoms with Gasteiger partial charge in [-0.1, -0.05) is 36.7 Å². The Kier molecular flexibility index (Phi) is 4.63. The molecule has 15 heavy (non-hydrogen) atoms. The molecule has 0 aromatic rings. The molecule has 3 unspecified atom stereocenters. The van der Waals surface area contributed by atoms with E-state index in [0.717, 1.165) is 25.3 Å². The van der Waals surface area contributed by atoms with E-state index in [9.17, 15) is 4.79 Å². The molecule has 0 bridgehead atoms. The smallest absolute Gasteiger partial charge is 0.236 e. The third kappa shape index (κ3) is 3.20. The van der Waals surface area contributed by atoms with Gasteiger partial charge in [0.25, 0.3) is 0 Å². The summed E-state index contributed by atoms with van der Waals surface area (Å²) in [4.78, 5) is 14.2. The zero-order valence-corrected chi connectivity index (χ0v) is 11.8. The van der Waals surface area contributed by atoms with Gasteiger partial charge in [0.2, 0.25) is 5.91 Å². The molecule has 1 fully saturated rings. The zero-order chi connectivity index (χ0) is 11.6. The number of halogens is 1. The summed E-state index contributed by atoms with van der Waals surface area (Å²) in [7, 11) is 0. The number of carbonyl (C=O) groups is 1. The number of carbonyl (C=O) groups excluding carboxylic acids is 1. The van der Waals surface area contributed by atoms with E-state index in [4.69, 9.17) is 0 Å². The largest absolute Gasteiger partial charge is 0.339 e. The summed E-state index contributed by atoms with van der Waals surface area (Å²) in [5.41, 5.74) is 0. The van der Waals surface area contributed by atoms with Crippen LogP contribution in [0, 0.1) is 11.8 Å². The Morgan fingerprint density at radius 3 is 2.47 bits per heavy atom. The fraction of sp³-hybridized carbons (Fsp3) is 0.917. The molecule has 0 radical (unpaired) electrons. The Bertz CT molecular complexity index is 230. The molecular formula is C12H22BrNO. The fourth-order valence-corrected chi connectivity index (χ4v) is 2.44. The quantitative estimate of drug-likeness (QED) is 0.710. The van der Waals surface area contributed by atoms with Gasteiger partial charge in [-0.05, 0) is 31.6 Å². The minimum Gasteiger partial charge on any atom is -0.339 e. The van der Waals surface area contributed by atoms with Crippen molar-refractivity contribution >= 4 is 21.8 Å². The molecule has 88 valence electrons. The summed E-state index contributed by atoms with van der Waals surface area (Å²) in [6.07, 6.45) is 2.29. The maximum Gasteiger partial charge on any atom is 0.236 e. The molecule has 0 aliphatic carbocycles. The first kappa shape index (κ1) is 13.0. The number of hydrogen-bond donors (Lipinski definition) is 0. The lowest BCUT2D eigenvalue weighted by molar-refractivity contribution is -0.135. The number of nitrogens with zero attached hydrogens (tertiary/aromatic N) is 1. The van der Waals surface area contributed by atoms with Crippen molar-refractivity contribution in [3.63, 3.8) is 0 Å². The Balaban J connectivity index is 2.60. The van der Waals surface area contributed by atoms with Gasteiger partial charge in [0, 0.05) is 12.6 Å². The van der Waals surface area contributed by atoms with Crippen molar-refractivity contribution in [1.82, 2.24) is 4.90 Å². The van der Waals surface area contributed by atoms with E-state index in [1.165, 1.54) is 0 Å². The molecule has 1 rings (SSSR count).